The molecule has 0 unspecified atom stereocenters. The summed E-state index contributed by atoms with van der Waals surface area (Å²) in [7, 11) is 0. The summed E-state index contributed by atoms with van der Waals surface area (Å²) in [6, 6.07) is 17.7. The first kappa shape index (κ1) is 17.9. The molecule has 0 aliphatic heterocycles. The van der Waals surface area contributed by atoms with E-state index < -0.39 is 0 Å². The maximum Gasteiger partial charge on any atom is 0.0483 e. The number of rotatable bonds is 8. The lowest BCUT2D eigenvalue weighted by Crippen LogP contribution is -2.02. The van der Waals surface area contributed by atoms with E-state index in [1.807, 2.05) is 0 Å². The number of aryl methyl sites for hydroxylation is 4. The van der Waals surface area contributed by atoms with Crippen molar-refractivity contribution in [1.82, 2.24) is 9.13 Å². The van der Waals surface area contributed by atoms with Gasteiger partial charge in [-0.05, 0) is 42.5 Å². The third-order valence-corrected chi connectivity index (χ3v) is 5.58. The average molecular weight is 359 g/mol. The molecule has 2 heteroatoms. The van der Waals surface area contributed by atoms with Crippen molar-refractivity contribution in [2.45, 2.75) is 59.0 Å². The third-order valence-electron chi connectivity index (χ3n) is 5.58. The van der Waals surface area contributed by atoms with E-state index in [-0.39, 0.29) is 0 Å². The van der Waals surface area contributed by atoms with Crippen molar-refractivity contribution in [3.63, 3.8) is 0 Å². The molecule has 2 aromatic carbocycles. The van der Waals surface area contributed by atoms with Gasteiger partial charge in [0.25, 0.3) is 0 Å². The van der Waals surface area contributed by atoms with Gasteiger partial charge in [0.15, 0.2) is 0 Å². The summed E-state index contributed by atoms with van der Waals surface area (Å²) in [5.74, 6) is 0. The molecule has 2 nitrogen and oxygen atoms in total. The van der Waals surface area contributed by atoms with Gasteiger partial charge in [-0.2, -0.15) is 0 Å². The van der Waals surface area contributed by atoms with Crippen LogP contribution in [0.2, 0.25) is 0 Å². The quantitative estimate of drug-likeness (QED) is 0.336. The van der Waals surface area contributed by atoms with Crippen molar-refractivity contribution in [1.29, 1.82) is 0 Å². The molecule has 0 amide bonds. The summed E-state index contributed by atoms with van der Waals surface area (Å²) < 4.78 is 4.91. The summed E-state index contributed by atoms with van der Waals surface area (Å²) in [4.78, 5) is 0. The Morgan fingerprint density at radius 1 is 0.630 bits per heavy atom. The van der Waals surface area contributed by atoms with Crippen LogP contribution in [0.15, 0.2) is 60.9 Å². The smallest absolute Gasteiger partial charge is 0.0483 e. The fraction of sp³-hybridized carbons (Fsp3) is 0.360. The second-order valence-electron chi connectivity index (χ2n) is 7.58. The van der Waals surface area contributed by atoms with E-state index in [1.165, 1.54) is 45.8 Å². The summed E-state index contributed by atoms with van der Waals surface area (Å²) >= 11 is 0. The predicted molar refractivity (Wildman–Crippen MR) is 116 cm³/mol. The molecule has 0 N–H and O–H groups in total. The van der Waals surface area contributed by atoms with Gasteiger partial charge >= 0.3 is 0 Å². The standard InChI is InChI=1S/C25H30N2/c1-3-10-20-18-26(24-14-7-5-12-22(20)24)16-9-17-27-19-21(11-4-2)23-13-6-8-15-25(23)27/h5-8,12-15,18-19H,3-4,9-11,16-17H2,1-2H3. The van der Waals surface area contributed by atoms with Gasteiger partial charge in [0.1, 0.15) is 0 Å². The minimum Gasteiger partial charge on any atom is -0.347 e. The van der Waals surface area contributed by atoms with E-state index in [9.17, 15) is 0 Å². The number of benzene rings is 2. The maximum atomic E-state index is 2.46. The molecular weight excluding hydrogens is 328 g/mol. The lowest BCUT2D eigenvalue weighted by Gasteiger charge is -2.08. The molecule has 0 radical (unpaired) electrons. The SMILES string of the molecule is CCCc1cn(CCCn2cc(CCC)c3ccccc32)c2ccccc12. The van der Waals surface area contributed by atoms with Crippen molar-refractivity contribution in [2.75, 3.05) is 0 Å². The zero-order chi connectivity index (χ0) is 18.6. The number of fused-ring (bicyclic) bond motifs is 2. The molecule has 0 saturated heterocycles. The molecule has 2 aromatic heterocycles. The summed E-state index contributed by atoms with van der Waals surface area (Å²) in [5.41, 5.74) is 5.74. The second-order valence-corrected chi connectivity index (χ2v) is 7.58. The van der Waals surface area contributed by atoms with E-state index in [1.54, 1.807) is 0 Å². The molecule has 27 heavy (non-hydrogen) atoms. The molecular formula is C25H30N2. The highest BCUT2D eigenvalue weighted by atomic mass is 15.0. The number of aromatic nitrogens is 2. The van der Waals surface area contributed by atoms with Crippen LogP contribution in [0, 0.1) is 0 Å². The average Bonchev–Trinajstić information content (AvgIpc) is 3.22. The number of hydrogen-bond donors (Lipinski definition) is 0. The maximum absolute atomic E-state index is 2.46. The van der Waals surface area contributed by atoms with Gasteiger partial charge in [-0.15, -0.1) is 0 Å². The molecule has 0 spiro atoms. The van der Waals surface area contributed by atoms with E-state index in [0.29, 0.717) is 0 Å². The Hall–Kier alpha value is -2.48. The van der Waals surface area contributed by atoms with E-state index in [2.05, 4.69) is 83.9 Å². The van der Waals surface area contributed by atoms with Crippen LogP contribution in [0.3, 0.4) is 0 Å². The highest BCUT2D eigenvalue weighted by Crippen LogP contribution is 2.25. The fourth-order valence-corrected chi connectivity index (χ4v) is 4.36. The van der Waals surface area contributed by atoms with Crippen LogP contribution in [-0.2, 0) is 25.9 Å². The molecule has 0 aliphatic rings. The van der Waals surface area contributed by atoms with Crippen LogP contribution in [0.25, 0.3) is 21.8 Å². The minimum absolute atomic E-state index is 1.07. The molecule has 0 aliphatic carbocycles. The van der Waals surface area contributed by atoms with Crippen LogP contribution in [0.1, 0.15) is 44.2 Å². The zero-order valence-electron chi connectivity index (χ0n) is 16.6. The highest BCUT2D eigenvalue weighted by molar-refractivity contribution is 5.84. The van der Waals surface area contributed by atoms with Gasteiger partial charge in [-0.25, -0.2) is 0 Å². The molecule has 140 valence electrons. The van der Waals surface area contributed by atoms with Crippen molar-refractivity contribution in [3.05, 3.63) is 72.1 Å². The van der Waals surface area contributed by atoms with Gasteiger partial charge in [-0.3, -0.25) is 0 Å². The monoisotopic (exact) mass is 358 g/mol. The Balaban J connectivity index is 1.54. The van der Waals surface area contributed by atoms with Gasteiger partial charge < -0.3 is 9.13 Å². The van der Waals surface area contributed by atoms with Gasteiger partial charge in [0.2, 0.25) is 0 Å². The zero-order valence-corrected chi connectivity index (χ0v) is 16.6. The van der Waals surface area contributed by atoms with E-state index >= 15 is 0 Å². The highest BCUT2D eigenvalue weighted by Gasteiger charge is 2.09. The van der Waals surface area contributed by atoms with Crippen molar-refractivity contribution < 1.29 is 0 Å². The van der Waals surface area contributed by atoms with Crippen LogP contribution < -0.4 is 0 Å². The Bertz CT molecular complexity index is 951. The molecule has 4 aromatic rings. The molecule has 0 atom stereocenters. The van der Waals surface area contributed by atoms with Crippen molar-refractivity contribution >= 4 is 21.8 Å². The lowest BCUT2D eigenvalue weighted by molar-refractivity contribution is 0.582. The molecule has 0 fully saturated rings. The van der Waals surface area contributed by atoms with Gasteiger partial charge in [0.05, 0.1) is 0 Å². The second kappa shape index (κ2) is 8.04. The van der Waals surface area contributed by atoms with Crippen molar-refractivity contribution in [2.24, 2.45) is 0 Å². The topological polar surface area (TPSA) is 9.86 Å². The Kier molecular flexibility index (Phi) is 5.33. The number of para-hydroxylation sites is 2. The first-order valence-corrected chi connectivity index (χ1v) is 10.4. The van der Waals surface area contributed by atoms with Crippen LogP contribution >= 0.6 is 0 Å². The molecule has 2 heterocycles. The third kappa shape index (κ3) is 3.53. The Morgan fingerprint density at radius 2 is 1.07 bits per heavy atom. The number of nitrogens with zero attached hydrogens (tertiary/aromatic N) is 2. The first-order chi connectivity index (χ1) is 13.3. The molecule has 0 bridgehead atoms. The molecule has 0 saturated carbocycles. The van der Waals surface area contributed by atoms with Crippen LogP contribution in [0.4, 0.5) is 0 Å². The van der Waals surface area contributed by atoms with Gasteiger partial charge in [-0.1, -0.05) is 63.1 Å². The van der Waals surface area contributed by atoms with E-state index in [4.69, 9.17) is 0 Å². The first-order valence-electron chi connectivity index (χ1n) is 10.4. The largest absolute Gasteiger partial charge is 0.347 e. The Labute approximate surface area is 162 Å². The normalized spacial score (nSPS) is 11.6. The van der Waals surface area contributed by atoms with Crippen LogP contribution in [0.5, 0.6) is 0 Å². The Morgan fingerprint density at radius 3 is 1.52 bits per heavy atom. The summed E-state index contributed by atoms with van der Waals surface area (Å²) in [5, 5.41) is 2.85. The van der Waals surface area contributed by atoms with Crippen molar-refractivity contribution in [3.8, 4) is 0 Å². The van der Waals surface area contributed by atoms with Gasteiger partial charge in [0, 0.05) is 47.3 Å². The summed E-state index contributed by atoms with van der Waals surface area (Å²) in [6.07, 6.45) is 10.6. The van der Waals surface area contributed by atoms with E-state index in [0.717, 1.165) is 32.4 Å². The predicted octanol–water partition coefficient (Wildman–Crippen LogP) is 6.59. The van der Waals surface area contributed by atoms with Crippen LogP contribution in [-0.4, -0.2) is 9.13 Å². The fourth-order valence-electron chi connectivity index (χ4n) is 4.36. The molecule has 4 rings (SSSR count). The minimum atomic E-state index is 1.07. The lowest BCUT2D eigenvalue weighted by atomic mass is 10.1. The number of hydrogen-bond acceptors (Lipinski definition) is 0. The summed E-state index contributed by atoms with van der Waals surface area (Å²) in [6.45, 7) is 6.66.